The van der Waals surface area contributed by atoms with Gasteiger partial charge in [0.1, 0.15) is 12.2 Å². The average Bonchev–Trinajstić information content (AvgIpc) is 2.27. The molecule has 0 saturated carbocycles. The molecule has 0 bridgehead atoms. The van der Waals surface area contributed by atoms with Gasteiger partial charge in [0, 0.05) is 27.2 Å². The van der Waals surface area contributed by atoms with Gasteiger partial charge in [-0.2, -0.15) is 0 Å². The Labute approximate surface area is 90.3 Å². The number of hydrogen-bond donors (Lipinski definition) is 1. The van der Waals surface area contributed by atoms with Crippen molar-refractivity contribution in [1.82, 2.24) is 0 Å². The average molecular weight is 220 g/mol. The Kier molecular flexibility index (Phi) is 4.95. The summed E-state index contributed by atoms with van der Waals surface area (Å²) in [4.78, 5) is 0. The van der Waals surface area contributed by atoms with Crippen molar-refractivity contribution < 1.29 is 24.1 Å². The lowest BCUT2D eigenvalue weighted by Gasteiger charge is -2.43. The Morgan fingerprint density at radius 1 is 1.07 bits per heavy atom. The number of ether oxygens (including phenoxy) is 4. The topological polar surface area (TPSA) is 57.2 Å². The second-order valence-electron chi connectivity index (χ2n) is 3.72. The number of hydrogen-bond acceptors (Lipinski definition) is 5. The molecule has 0 aromatic carbocycles. The molecule has 5 unspecified atom stereocenters. The van der Waals surface area contributed by atoms with Crippen LogP contribution in [0.5, 0.6) is 0 Å². The first-order chi connectivity index (χ1) is 7.19. The zero-order valence-corrected chi connectivity index (χ0v) is 9.67. The Hall–Kier alpha value is -0.200. The molecule has 5 heteroatoms. The Bertz CT molecular complexity index is 169. The van der Waals surface area contributed by atoms with Gasteiger partial charge in [-0.05, 0) is 0 Å². The van der Waals surface area contributed by atoms with Crippen LogP contribution < -0.4 is 0 Å². The van der Waals surface area contributed by atoms with Crippen molar-refractivity contribution in [1.29, 1.82) is 0 Å². The first-order valence-electron chi connectivity index (χ1n) is 5.04. The van der Waals surface area contributed by atoms with Gasteiger partial charge < -0.3 is 24.1 Å². The zero-order chi connectivity index (χ0) is 11.4. The number of aliphatic hydroxyl groups is 1. The van der Waals surface area contributed by atoms with Crippen LogP contribution in [-0.2, 0) is 18.9 Å². The first-order valence-corrected chi connectivity index (χ1v) is 5.04. The molecule has 1 saturated heterocycles. The van der Waals surface area contributed by atoms with Crippen molar-refractivity contribution in [3.8, 4) is 0 Å². The van der Waals surface area contributed by atoms with Crippen LogP contribution in [0.2, 0.25) is 0 Å². The predicted molar refractivity (Wildman–Crippen MR) is 53.5 cm³/mol. The van der Waals surface area contributed by atoms with Gasteiger partial charge in [-0.3, -0.25) is 0 Å². The lowest BCUT2D eigenvalue weighted by molar-refractivity contribution is -0.288. The van der Waals surface area contributed by atoms with Crippen LogP contribution in [-0.4, -0.2) is 57.6 Å². The van der Waals surface area contributed by atoms with E-state index >= 15 is 0 Å². The van der Waals surface area contributed by atoms with Crippen molar-refractivity contribution in [3.05, 3.63) is 0 Å². The maximum atomic E-state index is 9.18. The molecule has 5 atom stereocenters. The van der Waals surface area contributed by atoms with E-state index < -0.39 is 6.29 Å². The smallest absolute Gasteiger partial charge is 0.184 e. The van der Waals surface area contributed by atoms with Crippen LogP contribution in [0.25, 0.3) is 0 Å². The maximum absolute atomic E-state index is 9.18. The van der Waals surface area contributed by atoms with Gasteiger partial charge in [0.05, 0.1) is 12.7 Å². The minimum absolute atomic E-state index is 0.0842. The third kappa shape index (κ3) is 2.49. The van der Waals surface area contributed by atoms with Crippen molar-refractivity contribution in [2.45, 2.75) is 31.5 Å². The number of methoxy groups -OCH3 is 3. The second-order valence-corrected chi connectivity index (χ2v) is 3.72. The van der Waals surface area contributed by atoms with Crippen LogP contribution in [0.15, 0.2) is 0 Å². The monoisotopic (exact) mass is 220 g/mol. The molecule has 0 amide bonds. The highest BCUT2D eigenvalue weighted by Gasteiger charge is 2.44. The molecule has 1 aliphatic rings. The van der Waals surface area contributed by atoms with E-state index in [0.717, 1.165) is 0 Å². The molecule has 0 aromatic rings. The predicted octanol–water partition coefficient (Wildman–Crippen LogP) is 0.0161. The summed E-state index contributed by atoms with van der Waals surface area (Å²) < 4.78 is 21.3. The van der Waals surface area contributed by atoms with E-state index in [1.807, 2.05) is 6.92 Å². The molecule has 1 N–H and O–H groups in total. The summed E-state index contributed by atoms with van der Waals surface area (Å²) in [5.74, 6) is 0.107. The lowest BCUT2D eigenvalue weighted by atomic mass is 9.90. The molecule has 90 valence electrons. The molecule has 1 aliphatic heterocycles. The van der Waals surface area contributed by atoms with Crippen LogP contribution in [0.1, 0.15) is 6.92 Å². The minimum Gasteiger partial charge on any atom is -0.394 e. The van der Waals surface area contributed by atoms with Gasteiger partial charge in [-0.25, -0.2) is 0 Å². The molecule has 0 aromatic heterocycles. The van der Waals surface area contributed by atoms with Crippen LogP contribution in [0, 0.1) is 5.92 Å². The fourth-order valence-electron chi connectivity index (χ4n) is 2.13. The largest absolute Gasteiger partial charge is 0.394 e. The van der Waals surface area contributed by atoms with Crippen molar-refractivity contribution in [2.24, 2.45) is 5.92 Å². The third-order valence-electron chi connectivity index (χ3n) is 2.94. The van der Waals surface area contributed by atoms with Crippen LogP contribution in [0.4, 0.5) is 0 Å². The first kappa shape index (κ1) is 12.9. The van der Waals surface area contributed by atoms with E-state index in [0.29, 0.717) is 0 Å². The van der Waals surface area contributed by atoms with Gasteiger partial charge >= 0.3 is 0 Å². The van der Waals surface area contributed by atoms with Crippen molar-refractivity contribution >= 4 is 0 Å². The SMILES string of the molecule is COC1OC(CO)C(OC)C(C)C1OC. The molecule has 1 rings (SSSR count). The van der Waals surface area contributed by atoms with Crippen LogP contribution >= 0.6 is 0 Å². The molecular weight excluding hydrogens is 200 g/mol. The molecule has 0 aliphatic carbocycles. The third-order valence-corrected chi connectivity index (χ3v) is 2.94. The van der Waals surface area contributed by atoms with E-state index in [1.54, 1.807) is 21.3 Å². The van der Waals surface area contributed by atoms with E-state index in [1.165, 1.54) is 0 Å². The summed E-state index contributed by atoms with van der Waals surface area (Å²) in [6.45, 7) is 1.92. The summed E-state index contributed by atoms with van der Waals surface area (Å²) in [7, 11) is 4.78. The summed E-state index contributed by atoms with van der Waals surface area (Å²) in [5, 5.41) is 9.18. The van der Waals surface area contributed by atoms with E-state index in [-0.39, 0.29) is 30.8 Å². The molecule has 1 heterocycles. The summed E-state index contributed by atoms with van der Waals surface area (Å²) in [5.41, 5.74) is 0. The second kappa shape index (κ2) is 5.77. The molecule has 0 radical (unpaired) electrons. The fourth-order valence-corrected chi connectivity index (χ4v) is 2.13. The van der Waals surface area contributed by atoms with Gasteiger partial charge in [0.25, 0.3) is 0 Å². The zero-order valence-electron chi connectivity index (χ0n) is 9.67. The van der Waals surface area contributed by atoms with Gasteiger partial charge in [0.2, 0.25) is 0 Å². The van der Waals surface area contributed by atoms with Crippen LogP contribution in [0.3, 0.4) is 0 Å². The summed E-state index contributed by atoms with van der Waals surface area (Å²) >= 11 is 0. The van der Waals surface area contributed by atoms with Crippen molar-refractivity contribution in [3.63, 3.8) is 0 Å². The lowest BCUT2D eigenvalue weighted by Crippen LogP contribution is -2.56. The van der Waals surface area contributed by atoms with Gasteiger partial charge in [-0.15, -0.1) is 0 Å². The number of rotatable bonds is 4. The quantitative estimate of drug-likeness (QED) is 0.723. The summed E-state index contributed by atoms with van der Waals surface area (Å²) in [6.07, 6.45) is -1.16. The molecule has 15 heavy (non-hydrogen) atoms. The molecule has 5 nitrogen and oxygen atoms in total. The molecule has 1 fully saturated rings. The van der Waals surface area contributed by atoms with Gasteiger partial charge in [-0.1, -0.05) is 6.92 Å². The maximum Gasteiger partial charge on any atom is 0.184 e. The number of aliphatic hydroxyl groups excluding tert-OH is 1. The summed E-state index contributed by atoms with van der Waals surface area (Å²) in [6, 6.07) is 0. The van der Waals surface area contributed by atoms with E-state index in [4.69, 9.17) is 18.9 Å². The Morgan fingerprint density at radius 2 is 1.67 bits per heavy atom. The van der Waals surface area contributed by atoms with E-state index in [2.05, 4.69) is 0 Å². The highest BCUT2D eigenvalue weighted by Crippen LogP contribution is 2.29. The minimum atomic E-state index is -0.450. The highest BCUT2D eigenvalue weighted by molar-refractivity contribution is 4.88. The van der Waals surface area contributed by atoms with Gasteiger partial charge in [0.15, 0.2) is 6.29 Å². The standard InChI is InChI=1S/C10H20O5/c1-6-8(12-2)7(5-11)15-10(14-4)9(6)13-3/h6-11H,5H2,1-4H3. The Morgan fingerprint density at radius 3 is 2.07 bits per heavy atom. The normalized spacial score (nSPS) is 41.8. The Balaban J connectivity index is 2.76. The molecular formula is C10H20O5. The fraction of sp³-hybridized carbons (Fsp3) is 1.00. The highest BCUT2D eigenvalue weighted by atomic mass is 16.7. The van der Waals surface area contributed by atoms with Crippen molar-refractivity contribution in [2.75, 3.05) is 27.9 Å². The van der Waals surface area contributed by atoms with E-state index in [9.17, 15) is 5.11 Å². The molecule has 0 spiro atoms.